The zero-order valence-corrected chi connectivity index (χ0v) is 39.7. The van der Waals surface area contributed by atoms with Crippen LogP contribution < -0.4 is 23.7 Å². The van der Waals surface area contributed by atoms with Gasteiger partial charge < -0.3 is 48.2 Å². The van der Waals surface area contributed by atoms with E-state index in [1.165, 1.54) is 41.3 Å². The second-order valence-corrected chi connectivity index (χ2v) is 18.5. The molecule has 0 spiro atoms. The lowest BCUT2D eigenvalue weighted by molar-refractivity contribution is -0.385. The van der Waals surface area contributed by atoms with Gasteiger partial charge in [-0.15, -0.1) is 6.58 Å². The Bertz CT molecular complexity index is 2670. The van der Waals surface area contributed by atoms with Crippen LogP contribution in [0.5, 0.6) is 34.5 Å². The van der Waals surface area contributed by atoms with Gasteiger partial charge in [0, 0.05) is 62.3 Å². The van der Waals surface area contributed by atoms with E-state index in [1.807, 2.05) is 12.1 Å². The molecule has 9 rings (SSSR count). The summed E-state index contributed by atoms with van der Waals surface area (Å²) in [7, 11) is 0. The van der Waals surface area contributed by atoms with Crippen molar-refractivity contribution in [2.24, 2.45) is 22.9 Å². The third-order valence-electron chi connectivity index (χ3n) is 14.0. The second kappa shape index (κ2) is 22.6. The molecule has 19 nitrogen and oxygen atoms in total. The number of oxime groups is 1. The number of non-ortho nitro benzene ring substituents is 2. The van der Waals surface area contributed by atoms with Crippen molar-refractivity contribution in [3.8, 4) is 34.5 Å². The number of allylic oxidation sites excluding steroid dienone is 1. The van der Waals surface area contributed by atoms with Gasteiger partial charge in [0.25, 0.3) is 11.4 Å². The predicted molar refractivity (Wildman–Crippen MR) is 260 cm³/mol. The first-order chi connectivity index (χ1) is 35.1. The number of carbonyl (C=O) groups excluding carboxylic acids is 1. The van der Waals surface area contributed by atoms with E-state index in [4.69, 9.17) is 43.2 Å². The Morgan fingerprint density at radius 3 is 2.36 bits per heavy atom. The van der Waals surface area contributed by atoms with Gasteiger partial charge in [-0.05, 0) is 110 Å². The molecule has 1 saturated carbocycles. The van der Waals surface area contributed by atoms with Gasteiger partial charge in [0.1, 0.15) is 29.0 Å². The van der Waals surface area contributed by atoms with E-state index in [9.17, 15) is 30.4 Å². The molecule has 380 valence electrons. The Morgan fingerprint density at radius 2 is 1.61 bits per heavy atom. The van der Waals surface area contributed by atoms with E-state index >= 15 is 4.79 Å². The third kappa shape index (κ3) is 10.7. The molecule has 4 aromatic carbocycles. The number of nitro benzene ring substituents is 2. The largest absolute Gasteiger partial charge is 0.459 e. The highest BCUT2D eigenvalue weighted by Crippen LogP contribution is 2.62. The van der Waals surface area contributed by atoms with E-state index in [1.54, 1.807) is 42.5 Å². The summed E-state index contributed by atoms with van der Waals surface area (Å²) in [5.74, 6) is -0.889. The zero-order chi connectivity index (χ0) is 50.2. The molecule has 4 aromatic rings. The minimum Gasteiger partial charge on any atom is -0.459 e. The predicted octanol–water partition coefficient (Wildman–Crippen LogP) is 9.89. The van der Waals surface area contributed by atoms with Crippen molar-refractivity contribution in [3.05, 3.63) is 141 Å². The number of amides is 1. The first-order valence-corrected chi connectivity index (χ1v) is 24.5. The zero-order valence-electron chi connectivity index (χ0n) is 39.7. The van der Waals surface area contributed by atoms with Gasteiger partial charge in [-0.25, -0.2) is 4.79 Å². The summed E-state index contributed by atoms with van der Waals surface area (Å²) in [6.45, 7) is 4.50. The van der Waals surface area contributed by atoms with Crippen LogP contribution in [0.15, 0.2) is 114 Å². The summed E-state index contributed by atoms with van der Waals surface area (Å²) in [4.78, 5) is 45.4. The van der Waals surface area contributed by atoms with Crippen LogP contribution in [0.3, 0.4) is 0 Å². The number of nitrogens with zero attached hydrogens (tertiary/aromatic N) is 4. The molecule has 2 aliphatic carbocycles. The van der Waals surface area contributed by atoms with Gasteiger partial charge in [-0.2, -0.15) is 0 Å². The van der Waals surface area contributed by atoms with E-state index in [0.29, 0.717) is 79.4 Å². The molecule has 72 heavy (non-hydrogen) atoms. The molecule has 1 unspecified atom stereocenters. The first-order valence-electron chi connectivity index (χ1n) is 24.5. The van der Waals surface area contributed by atoms with E-state index in [0.717, 1.165) is 30.4 Å². The van der Waals surface area contributed by atoms with Gasteiger partial charge in [-0.3, -0.25) is 25.1 Å². The van der Waals surface area contributed by atoms with Crippen molar-refractivity contribution in [2.75, 3.05) is 33.2 Å². The number of rotatable bonds is 21. The fraction of sp³-hybridized carbons (Fsp3) is 0.434. The fourth-order valence-electron chi connectivity index (χ4n) is 10.8. The Balaban J connectivity index is 1.24. The maximum Gasteiger partial charge on any atom is 0.416 e. The van der Waals surface area contributed by atoms with Crippen LogP contribution in [0.1, 0.15) is 81.3 Å². The Kier molecular flexibility index (Phi) is 15.6. The SMILES string of the molecule is C=CCO[C@@]12Oc3ccc(Oc4cccc([N+](=O)[O-])c4)cc3[C@H]3[C@H](CCCCO)[C@@H](CCCCO)C=C(C(=NOC4CCCCO4)C[C@@H]1N(Cc1ccc4c(c1)OCO4)C(=O)Oc1ccc([N+](=O)[O-])cc1)[C@H]32. The van der Waals surface area contributed by atoms with E-state index in [2.05, 4.69) is 12.7 Å². The quantitative estimate of drug-likeness (QED) is 0.0342. The number of nitro groups is 2. The van der Waals surface area contributed by atoms with Crippen LogP contribution in [0.2, 0.25) is 0 Å². The highest BCUT2D eigenvalue weighted by atomic mass is 16.8. The van der Waals surface area contributed by atoms with Gasteiger partial charge in [0.15, 0.2) is 11.5 Å². The maximum atomic E-state index is 15.3. The maximum absolute atomic E-state index is 15.3. The average Bonchev–Trinajstić information content (AvgIpc) is 3.87. The summed E-state index contributed by atoms with van der Waals surface area (Å²) in [5, 5.41) is 48.4. The summed E-state index contributed by atoms with van der Waals surface area (Å²) in [5.41, 5.74) is 2.41. The summed E-state index contributed by atoms with van der Waals surface area (Å²) < 4.78 is 44.4. The molecule has 1 saturated heterocycles. The molecule has 0 radical (unpaired) electrons. The van der Waals surface area contributed by atoms with Crippen LogP contribution in [-0.4, -0.2) is 88.1 Å². The average molecular weight is 991 g/mol. The molecule has 7 atom stereocenters. The molecule has 19 heteroatoms. The highest BCUT2D eigenvalue weighted by molar-refractivity contribution is 6.03. The number of ether oxygens (including phenoxy) is 7. The standard InChI is InChI=1S/C53H58N4O15/c1-2-25-68-53-48(55(32-34-15-21-46-47(27-34)67-33-66-46)52(60)70-38-18-16-36(17-19-38)56(61)62)31-44(54-72-49-14-5-8-26-65-49)42-28-35(10-3-6-23-58)41(13-4-7-24-59)50(51(42)53)43-30-40(20-22-45(43)71-53)69-39-12-9-11-37(29-39)57(63)64/h2,9,11-12,15-22,27-30,35,41,48-51,58-59H,1,3-8,10,13-14,23-26,31-33H2/t35-,41+,48-,49?,50+,51+,53+/m0/s1. The lowest BCUT2D eigenvalue weighted by Gasteiger charge is -2.59. The minimum absolute atomic E-state index is 0.00445. The third-order valence-corrected chi connectivity index (χ3v) is 14.0. The number of aliphatic hydroxyl groups is 2. The Labute approximate surface area is 415 Å². The van der Waals surface area contributed by atoms with Crippen molar-refractivity contribution in [1.29, 1.82) is 0 Å². The Morgan fingerprint density at radius 1 is 0.861 bits per heavy atom. The number of fused-ring (bicyclic) bond motifs is 3. The molecule has 3 aliphatic heterocycles. The monoisotopic (exact) mass is 990 g/mol. The summed E-state index contributed by atoms with van der Waals surface area (Å²) in [6.07, 6.45) is 8.72. The number of aliphatic hydroxyl groups excluding tert-OH is 2. The molecule has 2 N–H and O–H groups in total. The number of unbranched alkanes of at least 4 members (excludes halogenated alkanes) is 2. The van der Waals surface area contributed by atoms with Crippen LogP contribution in [0.25, 0.3) is 0 Å². The smallest absolute Gasteiger partial charge is 0.416 e. The second-order valence-electron chi connectivity index (χ2n) is 18.5. The van der Waals surface area contributed by atoms with Crippen LogP contribution >= 0.6 is 0 Å². The van der Waals surface area contributed by atoms with E-state index < -0.39 is 45.9 Å². The normalized spacial score (nSPS) is 24.2. The number of hydrogen-bond acceptors (Lipinski definition) is 16. The molecule has 3 heterocycles. The van der Waals surface area contributed by atoms with Crippen molar-refractivity contribution in [2.45, 2.75) is 94.8 Å². The van der Waals surface area contributed by atoms with Crippen LogP contribution in [-0.2, 0) is 20.9 Å². The highest BCUT2D eigenvalue weighted by Gasteiger charge is 2.66. The van der Waals surface area contributed by atoms with E-state index in [-0.39, 0.29) is 74.3 Å². The fourth-order valence-corrected chi connectivity index (χ4v) is 10.8. The molecule has 0 bridgehead atoms. The van der Waals surface area contributed by atoms with Gasteiger partial charge >= 0.3 is 6.09 Å². The van der Waals surface area contributed by atoms with Crippen molar-refractivity contribution < 1.29 is 62.8 Å². The lowest BCUT2D eigenvalue weighted by Crippen LogP contribution is -2.70. The van der Waals surface area contributed by atoms with Crippen LogP contribution in [0, 0.1) is 38.0 Å². The molecule has 0 aromatic heterocycles. The van der Waals surface area contributed by atoms with Gasteiger partial charge in [0.2, 0.25) is 18.9 Å². The molecular weight excluding hydrogens is 933 g/mol. The topological polar surface area (TPSA) is 233 Å². The summed E-state index contributed by atoms with van der Waals surface area (Å²) >= 11 is 0. The summed E-state index contributed by atoms with van der Waals surface area (Å²) in [6, 6.07) is 20.9. The Hall–Kier alpha value is -7.06. The van der Waals surface area contributed by atoms with Gasteiger partial charge in [0.05, 0.1) is 40.8 Å². The lowest BCUT2D eigenvalue weighted by atomic mass is 9.55. The molecule has 2 fully saturated rings. The number of carbonyl (C=O) groups is 1. The first kappa shape index (κ1) is 49.9. The van der Waals surface area contributed by atoms with Crippen molar-refractivity contribution >= 4 is 23.2 Å². The number of benzene rings is 4. The van der Waals surface area contributed by atoms with Gasteiger partial charge in [-0.1, -0.05) is 42.3 Å². The molecule has 1 amide bonds. The number of hydrogen-bond donors (Lipinski definition) is 2. The minimum atomic E-state index is -1.70. The van der Waals surface area contributed by atoms with Crippen LogP contribution in [0.4, 0.5) is 16.2 Å². The molecule has 5 aliphatic rings. The van der Waals surface area contributed by atoms with Crippen molar-refractivity contribution in [3.63, 3.8) is 0 Å². The molecular formula is C53H58N4O15. The van der Waals surface area contributed by atoms with Crippen molar-refractivity contribution in [1.82, 2.24) is 4.90 Å².